The van der Waals surface area contributed by atoms with E-state index in [9.17, 15) is 0 Å². The van der Waals surface area contributed by atoms with E-state index >= 15 is 0 Å². The van der Waals surface area contributed by atoms with Crippen molar-refractivity contribution in [2.45, 2.75) is 13.3 Å². The van der Waals surface area contributed by atoms with Crippen LogP contribution in [0.3, 0.4) is 0 Å². The summed E-state index contributed by atoms with van der Waals surface area (Å²) in [6, 6.07) is 0.838. The smallest absolute Gasteiger partial charge is 0.0579 e. The van der Waals surface area contributed by atoms with E-state index in [2.05, 4.69) is 0 Å². The van der Waals surface area contributed by atoms with Gasteiger partial charge in [0.1, 0.15) is 0 Å². The van der Waals surface area contributed by atoms with E-state index in [4.69, 9.17) is 1.37 Å². The molecule has 0 heteroatoms. The second-order valence-corrected chi connectivity index (χ2v) is 1.13. The predicted octanol–water partition coefficient (Wildman–Crippen LogP) is 1.34. The molecule has 0 bridgehead atoms. The van der Waals surface area contributed by atoms with Gasteiger partial charge in [-0.05, 0) is 13.3 Å². The minimum Gasteiger partial charge on any atom is -0.0812 e. The zero-order valence-corrected chi connectivity index (χ0v) is 2.71. The van der Waals surface area contributed by atoms with Crippen LogP contribution in [-0.2, 0) is 0 Å². The standard InChI is InChI=1S/C4H6/c1-4-2-3-4/h2H,3H2,1H3/i2D. The molecule has 0 spiro atoms. The Morgan fingerprint density at radius 3 is 2.75 bits per heavy atom. The average molecular weight is 55.1 g/mol. The Morgan fingerprint density at radius 1 is 2.50 bits per heavy atom. The van der Waals surface area contributed by atoms with Crippen molar-refractivity contribution in [3.05, 3.63) is 11.6 Å². The molecule has 0 N–H and O–H groups in total. The van der Waals surface area contributed by atoms with Gasteiger partial charge in [-0.3, -0.25) is 0 Å². The lowest BCUT2D eigenvalue weighted by Crippen LogP contribution is -1.26. The van der Waals surface area contributed by atoms with E-state index in [-0.39, 0.29) is 0 Å². The molecule has 0 saturated carbocycles. The van der Waals surface area contributed by atoms with E-state index in [1.807, 2.05) is 6.92 Å². The molecule has 1 rings (SSSR count). The Kier molecular flexibility index (Phi) is 0.115. The highest BCUT2D eigenvalue weighted by atomic mass is 14.0. The van der Waals surface area contributed by atoms with Gasteiger partial charge in [0.15, 0.2) is 0 Å². The van der Waals surface area contributed by atoms with Crippen molar-refractivity contribution in [2.75, 3.05) is 0 Å². The van der Waals surface area contributed by atoms with Crippen molar-refractivity contribution in [2.24, 2.45) is 0 Å². The van der Waals surface area contributed by atoms with Crippen LogP contribution < -0.4 is 0 Å². The first-order chi connectivity index (χ1) is 2.30. The molecular formula is C4H6. The van der Waals surface area contributed by atoms with E-state index in [1.165, 1.54) is 5.57 Å². The van der Waals surface area contributed by atoms with Crippen LogP contribution in [0.15, 0.2) is 11.6 Å². The Morgan fingerprint density at radius 2 is 2.75 bits per heavy atom. The average Bonchev–Trinajstić information content (AvgIpc) is 1.79. The summed E-state index contributed by atoms with van der Waals surface area (Å²) >= 11 is 0. The van der Waals surface area contributed by atoms with Crippen molar-refractivity contribution in [1.29, 1.82) is 0 Å². The maximum atomic E-state index is 6.78. The van der Waals surface area contributed by atoms with E-state index in [0.29, 0.717) is 0 Å². The summed E-state index contributed by atoms with van der Waals surface area (Å²) in [7, 11) is 0. The van der Waals surface area contributed by atoms with Gasteiger partial charge >= 0.3 is 0 Å². The van der Waals surface area contributed by atoms with Gasteiger partial charge in [-0.15, -0.1) is 0 Å². The highest BCUT2D eigenvalue weighted by molar-refractivity contribution is 5.17. The van der Waals surface area contributed by atoms with Crippen molar-refractivity contribution >= 4 is 0 Å². The number of hydrogen-bond acceptors (Lipinski definition) is 0. The summed E-state index contributed by atoms with van der Waals surface area (Å²) in [5.74, 6) is 0. The van der Waals surface area contributed by atoms with E-state index < -0.39 is 0 Å². The molecule has 0 amide bonds. The van der Waals surface area contributed by atoms with Gasteiger partial charge < -0.3 is 0 Å². The summed E-state index contributed by atoms with van der Waals surface area (Å²) < 4.78 is 6.78. The van der Waals surface area contributed by atoms with Gasteiger partial charge in [-0.25, -0.2) is 0 Å². The molecule has 0 saturated heterocycles. The molecule has 0 aromatic rings. The van der Waals surface area contributed by atoms with Crippen molar-refractivity contribution in [1.82, 2.24) is 0 Å². The Labute approximate surface area is 27.5 Å². The number of hydrogen-bond donors (Lipinski definition) is 0. The van der Waals surface area contributed by atoms with Crippen LogP contribution in [0.2, 0.25) is 0 Å². The minimum atomic E-state index is 0.838. The Hall–Kier alpha value is -0.260. The van der Waals surface area contributed by atoms with Crippen molar-refractivity contribution in [3.8, 4) is 0 Å². The lowest BCUT2D eigenvalue weighted by Gasteiger charge is -1.47. The van der Waals surface area contributed by atoms with Crippen LogP contribution in [0.25, 0.3) is 0 Å². The zero-order valence-electron chi connectivity index (χ0n) is 3.71. The van der Waals surface area contributed by atoms with Gasteiger partial charge in [0.05, 0.1) is 1.37 Å². The summed E-state index contributed by atoms with van der Waals surface area (Å²) in [4.78, 5) is 0. The van der Waals surface area contributed by atoms with Crippen LogP contribution in [0.4, 0.5) is 0 Å². The molecule has 0 aliphatic heterocycles. The maximum absolute atomic E-state index is 6.78. The number of rotatable bonds is 0. The molecule has 4 heavy (non-hydrogen) atoms. The van der Waals surface area contributed by atoms with Gasteiger partial charge in [0.25, 0.3) is 0 Å². The van der Waals surface area contributed by atoms with Crippen LogP contribution in [0, 0.1) is 0 Å². The molecule has 0 aromatic heterocycles. The molecule has 22 valence electrons. The second-order valence-electron chi connectivity index (χ2n) is 1.13. The minimum absolute atomic E-state index is 0.838. The summed E-state index contributed by atoms with van der Waals surface area (Å²) in [5.41, 5.74) is 1.25. The lowest BCUT2D eigenvalue weighted by molar-refractivity contribution is 1.48. The largest absolute Gasteiger partial charge is 0.0812 e. The summed E-state index contributed by atoms with van der Waals surface area (Å²) in [5, 5.41) is 0. The monoisotopic (exact) mass is 55.1 g/mol. The third-order valence-electron chi connectivity index (χ3n) is 0.530. The number of allylic oxidation sites excluding steroid dienone is 2. The van der Waals surface area contributed by atoms with Crippen LogP contribution >= 0.6 is 0 Å². The molecule has 1 aliphatic rings. The molecule has 0 nitrogen and oxygen atoms in total. The van der Waals surface area contributed by atoms with E-state index in [0.717, 1.165) is 12.5 Å². The molecular weight excluding hydrogens is 48.0 g/mol. The third-order valence-corrected chi connectivity index (χ3v) is 0.530. The third kappa shape index (κ3) is 0.127. The normalized spacial score (nSPS) is 25.8. The van der Waals surface area contributed by atoms with Crippen molar-refractivity contribution in [3.63, 3.8) is 0 Å². The molecule has 0 fully saturated rings. The molecule has 0 radical (unpaired) electrons. The fraction of sp³-hybridized carbons (Fsp3) is 0.500. The SMILES string of the molecule is [2H]C1=C(C)C1. The Bertz CT molecular complexity index is 71.6. The first kappa shape index (κ1) is 1.25. The molecule has 0 atom stereocenters. The van der Waals surface area contributed by atoms with Crippen LogP contribution in [0.1, 0.15) is 14.7 Å². The Balaban J connectivity index is 2.59. The topological polar surface area (TPSA) is 0 Å². The fourth-order valence-electron chi connectivity index (χ4n) is 0.0884. The summed E-state index contributed by atoms with van der Waals surface area (Å²) in [6.07, 6.45) is 0.972. The van der Waals surface area contributed by atoms with E-state index in [1.54, 1.807) is 0 Å². The predicted molar refractivity (Wildman–Crippen MR) is 18.4 cm³/mol. The quantitative estimate of drug-likeness (QED) is 0.367. The summed E-state index contributed by atoms with van der Waals surface area (Å²) in [6.45, 7) is 1.99. The van der Waals surface area contributed by atoms with Crippen molar-refractivity contribution < 1.29 is 1.37 Å². The highest BCUT2D eigenvalue weighted by Crippen LogP contribution is 2.14. The molecule has 0 heterocycles. The van der Waals surface area contributed by atoms with Crippen LogP contribution in [-0.4, -0.2) is 0 Å². The molecule has 1 aliphatic carbocycles. The van der Waals surface area contributed by atoms with Gasteiger partial charge in [-0.2, -0.15) is 0 Å². The lowest BCUT2D eigenvalue weighted by atomic mass is 10.6. The second kappa shape index (κ2) is 0.369. The van der Waals surface area contributed by atoms with Crippen LogP contribution in [0.5, 0.6) is 0 Å². The first-order valence-corrected chi connectivity index (χ1v) is 1.46. The molecule has 0 unspecified atom stereocenters. The highest BCUT2D eigenvalue weighted by Gasteiger charge is 1.94. The van der Waals surface area contributed by atoms with Gasteiger partial charge in [0.2, 0.25) is 0 Å². The van der Waals surface area contributed by atoms with Gasteiger partial charge in [-0.1, -0.05) is 11.6 Å². The van der Waals surface area contributed by atoms with Gasteiger partial charge in [0, 0.05) is 0 Å². The first-order valence-electron chi connectivity index (χ1n) is 1.96. The zero-order chi connectivity index (χ0) is 3.86. The maximum Gasteiger partial charge on any atom is 0.0579 e. The fourth-order valence-corrected chi connectivity index (χ4v) is 0.0884. The molecule has 0 aromatic carbocycles.